The summed E-state index contributed by atoms with van der Waals surface area (Å²) in [6, 6.07) is 1.87. The molecule has 0 aliphatic heterocycles. The fraction of sp³-hybridized carbons (Fsp3) is 0.615. The van der Waals surface area contributed by atoms with Crippen LogP contribution in [0.15, 0.2) is 12.3 Å². The lowest BCUT2D eigenvalue weighted by Gasteiger charge is -2.18. The molecule has 0 aliphatic rings. The van der Waals surface area contributed by atoms with Crippen LogP contribution in [0.2, 0.25) is 0 Å². The predicted molar refractivity (Wildman–Crippen MR) is 68.2 cm³/mol. The first-order chi connectivity index (χ1) is 8.21. The summed E-state index contributed by atoms with van der Waals surface area (Å²) in [5, 5.41) is 9.18. The first kappa shape index (κ1) is 13.9. The van der Waals surface area contributed by atoms with E-state index < -0.39 is 0 Å². The monoisotopic (exact) mass is 238 g/mol. The van der Waals surface area contributed by atoms with Crippen molar-refractivity contribution >= 4 is 0 Å². The van der Waals surface area contributed by atoms with Crippen LogP contribution >= 0.6 is 0 Å². The lowest BCUT2D eigenvalue weighted by Crippen LogP contribution is -2.28. The summed E-state index contributed by atoms with van der Waals surface area (Å²) in [5.74, 6) is 0.743. The molecule has 0 bridgehead atoms. The van der Waals surface area contributed by atoms with Gasteiger partial charge < -0.3 is 14.7 Å². The molecule has 0 amide bonds. The van der Waals surface area contributed by atoms with Gasteiger partial charge >= 0.3 is 0 Å². The quantitative estimate of drug-likeness (QED) is 0.784. The highest BCUT2D eigenvalue weighted by molar-refractivity contribution is 5.32. The normalized spacial score (nSPS) is 10.9. The van der Waals surface area contributed by atoms with Crippen molar-refractivity contribution in [3.8, 4) is 5.75 Å². The third kappa shape index (κ3) is 4.32. The van der Waals surface area contributed by atoms with Crippen molar-refractivity contribution in [1.82, 2.24) is 9.88 Å². The van der Waals surface area contributed by atoms with Gasteiger partial charge in [0.15, 0.2) is 0 Å². The number of nitrogens with zero attached hydrogens (tertiary/aromatic N) is 2. The standard InChI is InChI=1S/C13H22N2O2/c1-4-15(5-2)6-7-17-13-8-11(3)14-9-12(13)10-16/h8-9,16H,4-7,10H2,1-3H3. The van der Waals surface area contributed by atoms with Crippen molar-refractivity contribution in [2.45, 2.75) is 27.4 Å². The van der Waals surface area contributed by atoms with Gasteiger partial charge in [-0.25, -0.2) is 0 Å². The van der Waals surface area contributed by atoms with Crippen LogP contribution in [-0.4, -0.2) is 41.2 Å². The predicted octanol–water partition coefficient (Wildman–Crippen LogP) is 1.60. The fourth-order valence-electron chi connectivity index (χ4n) is 1.64. The highest BCUT2D eigenvalue weighted by Gasteiger charge is 2.05. The van der Waals surface area contributed by atoms with Crippen LogP contribution < -0.4 is 4.74 Å². The smallest absolute Gasteiger partial charge is 0.128 e. The number of aryl methyl sites for hydroxylation is 1. The maximum absolute atomic E-state index is 9.18. The Kier molecular flexibility index (Phi) is 5.94. The van der Waals surface area contributed by atoms with E-state index in [1.54, 1.807) is 6.20 Å². The Labute approximate surface area is 103 Å². The number of aromatic nitrogens is 1. The maximum atomic E-state index is 9.18. The molecule has 0 fully saturated rings. The summed E-state index contributed by atoms with van der Waals surface area (Å²) in [7, 11) is 0. The average molecular weight is 238 g/mol. The first-order valence-electron chi connectivity index (χ1n) is 6.12. The number of likely N-dealkylation sites (N-methyl/N-ethyl adjacent to an activating group) is 1. The number of hydrogen-bond acceptors (Lipinski definition) is 4. The molecule has 0 atom stereocenters. The molecule has 0 unspecified atom stereocenters. The molecule has 4 nitrogen and oxygen atoms in total. The molecule has 1 aromatic heterocycles. The van der Waals surface area contributed by atoms with Crippen molar-refractivity contribution in [2.24, 2.45) is 0 Å². The molecule has 0 aliphatic carbocycles. The zero-order chi connectivity index (χ0) is 12.7. The summed E-state index contributed by atoms with van der Waals surface area (Å²) in [4.78, 5) is 6.43. The largest absolute Gasteiger partial charge is 0.492 e. The minimum Gasteiger partial charge on any atom is -0.492 e. The Balaban J connectivity index is 2.53. The molecule has 1 N–H and O–H groups in total. The summed E-state index contributed by atoms with van der Waals surface area (Å²) in [6.07, 6.45) is 1.67. The van der Waals surface area contributed by atoms with Crippen LogP contribution in [0.1, 0.15) is 25.1 Å². The van der Waals surface area contributed by atoms with Gasteiger partial charge in [-0.05, 0) is 20.0 Å². The molecule has 0 radical (unpaired) electrons. The molecule has 0 spiro atoms. The maximum Gasteiger partial charge on any atom is 0.128 e. The summed E-state index contributed by atoms with van der Waals surface area (Å²) in [6.45, 7) is 9.76. The molecule has 17 heavy (non-hydrogen) atoms. The van der Waals surface area contributed by atoms with Crippen molar-refractivity contribution in [1.29, 1.82) is 0 Å². The molecule has 1 aromatic rings. The minimum absolute atomic E-state index is 0.0338. The molecule has 1 rings (SSSR count). The Bertz CT molecular complexity index is 338. The molecule has 0 aromatic carbocycles. The Morgan fingerprint density at radius 1 is 1.35 bits per heavy atom. The van der Waals surface area contributed by atoms with Gasteiger partial charge in [-0.1, -0.05) is 13.8 Å². The number of pyridine rings is 1. The van der Waals surface area contributed by atoms with E-state index in [2.05, 4.69) is 23.7 Å². The second-order valence-electron chi connectivity index (χ2n) is 3.97. The first-order valence-corrected chi connectivity index (χ1v) is 6.12. The molecule has 1 heterocycles. The van der Waals surface area contributed by atoms with Gasteiger partial charge in [0.1, 0.15) is 12.4 Å². The van der Waals surface area contributed by atoms with Crippen LogP contribution in [-0.2, 0) is 6.61 Å². The summed E-state index contributed by atoms with van der Waals surface area (Å²) in [5.41, 5.74) is 1.65. The minimum atomic E-state index is -0.0338. The van der Waals surface area contributed by atoms with Crippen LogP contribution in [0.3, 0.4) is 0 Å². The van der Waals surface area contributed by atoms with Gasteiger partial charge in [0.25, 0.3) is 0 Å². The number of aliphatic hydroxyl groups is 1. The van der Waals surface area contributed by atoms with E-state index in [-0.39, 0.29) is 6.61 Å². The topological polar surface area (TPSA) is 45.6 Å². The van der Waals surface area contributed by atoms with Crippen molar-refractivity contribution in [2.75, 3.05) is 26.2 Å². The second kappa shape index (κ2) is 7.25. The second-order valence-corrected chi connectivity index (χ2v) is 3.97. The summed E-state index contributed by atoms with van der Waals surface area (Å²) >= 11 is 0. The van der Waals surface area contributed by atoms with Crippen molar-refractivity contribution in [3.05, 3.63) is 23.5 Å². The van der Waals surface area contributed by atoms with Gasteiger partial charge in [-0.3, -0.25) is 4.98 Å². The van der Waals surface area contributed by atoms with E-state index in [0.29, 0.717) is 6.61 Å². The Hall–Kier alpha value is -1.13. The van der Waals surface area contributed by atoms with Crippen LogP contribution in [0.5, 0.6) is 5.75 Å². The summed E-state index contributed by atoms with van der Waals surface area (Å²) < 4.78 is 5.70. The van der Waals surface area contributed by atoms with Crippen molar-refractivity contribution < 1.29 is 9.84 Å². The van der Waals surface area contributed by atoms with Gasteiger partial charge in [0.2, 0.25) is 0 Å². The lowest BCUT2D eigenvalue weighted by molar-refractivity contribution is 0.215. The highest BCUT2D eigenvalue weighted by atomic mass is 16.5. The lowest BCUT2D eigenvalue weighted by atomic mass is 10.2. The van der Waals surface area contributed by atoms with E-state index in [4.69, 9.17) is 4.74 Å². The molecule has 0 saturated heterocycles. The number of rotatable bonds is 7. The van der Waals surface area contributed by atoms with E-state index in [9.17, 15) is 5.11 Å². The van der Waals surface area contributed by atoms with E-state index in [1.165, 1.54) is 0 Å². The Morgan fingerprint density at radius 3 is 2.65 bits per heavy atom. The number of aliphatic hydroxyl groups excluding tert-OH is 1. The van der Waals surface area contributed by atoms with Crippen LogP contribution in [0, 0.1) is 6.92 Å². The fourth-order valence-corrected chi connectivity index (χ4v) is 1.64. The molecule has 96 valence electrons. The molecular formula is C13H22N2O2. The number of hydrogen-bond donors (Lipinski definition) is 1. The van der Waals surface area contributed by atoms with E-state index >= 15 is 0 Å². The van der Waals surface area contributed by atoms with Crippen LogP contribution in [0.25, 0.3) is 0 Å². The zero-order valence-corrected chi connectivity index (χ0v) is 10.9. The third-order valence-corrected chi connectivity index (χ3v) is 2.81. The van der Waals surface area contributed by atoms with Crippen molar-refractivity contribution in [3.63, 3.8) is 0 Å². The zero-order valence-electron chi connectivity index (χ0n) is 10.9. The molecule has 0 saturated carbocycles. The van der Waals surface area contributed by atoms with Gasteiger partial charge in [-0.15, -0.1) is 0 Å². The SMILES string of the molecule is CCN(CC)CCOc1cc(C)ncc1CO. The van der Waals surface area contributed by atoms with Gasteiger partial charge in [0, 0.05) is 30.1 Å². The number of ether oxygens (including phenoxy) is 1. The van der Waals surface area contributed by atoms with Gasteiger partial charge in [0.05, 0.1) is 6.61 Å². The average Bonchev–Trinajstić information content (AvgIpc) is 2.35. The van der Waals surface area contributed by atoms with E-state index in [0.717, 1.165) is 36.6 Å². The van der Waals surface area contributed by atoms with Gasteiger partial charge in [-0.2, -0.15) is 0 Å². The Morgan fingerprint density at radius 2 is 2.06 bits per heavy atom. The van der Waals surface area contributed by atoms with E-state index in [1.807, 2.05) is 13.0 Å². The third-order valence-electron chi connectivity index (χ3n) is 2.81. The van der Waals surface area contributed by atoms with Crippen LogP contribution in [0.4, 0.5) is 0 Å². The highest BCUT2D eigenvalue weighted by Crippen LogP contribution is 2.18. The molecule has 4 heteroatoms. The molecular weight excluding hydrogens is 216 g/mol.